The Balaban J connectivity index is 1.62. The van der Waals surface area contributed by atoms with Crippen LogP contribution in [0.4, 0.5) is 16.4 Å². The summed E-state index contributed by atoms with van der Waals surface area (Å²) in [7, 11) is 0. The van der Waals surface area contributed by atoms with Gasteiger partial charge in [0.2, 0.25) is 0 Å². The van der Waals surface area contributed by atoms with Gasteiger partial charge < -0.3 is 9.32 Å². The first-order chi connectivity index (χ1) is 14.0. The Labute approximate surface area is 169 Å². The molecule has 7 heteroatoms. The van der Waals surface area contributed by atoms with Crippen molar-refractivity contribution >= 4 is 35.5 Å². The number of imide groups is 2. The molecule has 0 bridgehead atoms. The van der Waals surface area contributed by atoms with Gasteiger partial charge in [-0.1, -0.05) is 31.0 Å². The van der Waals surface area contributed by atoms with E-state index in [0.29, 0.717) is 11.4 Å². The van der Waals surface area contributed by atoms with Crippen LogP contribution >= 0.6 is 0 Å². The van der Waals surface area contributed by atoms with E-state index in [1.165, 1.54) is 18.9 Å². The molecule has 7 nitrogen and oxygen atoms in total. The van der Waals surface area contributed by atoms with Crippen LogP contribution in [0.3, 0.4) is 0 Å². The van der Waals surface area contributed by atoms with Crippen molar-refractivity contribution in [3.05, 3.63) is 53.3 Å². The molecule has 1 aromatic heterocycles. The Hall–Kier alpha value is -3.35. The second kappa shape index (κ2) is 7.95. The molecule has 0 spiro atoms. The van der Waals surface area contributed by atoms with Gasteiger partial charge in [-0.25, -0.2) is 9.69 Å². The molecule has 0 atom stereocenters. The van der Waals surface area contributed by atoms with Crippen molar-refractivity contribution in [3.8, 4) is 0 Å². The van der Waals surface area contributed by atoms with E-state index >= 15 is 0 Å². The number of para-hydroxylation sites is 1. The van der Waals surface area contributed by atoms with Gasteiger partial charge in [-0.15, -0.1) is 0 Å². The molecule has 2 aliphatic rings. The van der Waals surface area contributed by atoms with Gasteiger partial charge in [0.05, 0.1) is 5.69 Å². The zero-order chi connectivity index (χ0) is 20.4. The molecule has 2 fully saturated rings. The third kappa shape index (κ3) is 3.81. The lowest BCUT2D eigenvalue weighted by molar-refractivity contribution is -0.122. The highest BCUT2D eigenvalue weighted by Gasteiger charge is 2.37. The van der Waals surface area contributed by atoms with Gasteiger partial charge in [-0.3, -0.25) is 14.9 Å². The minimum Gasteiger partial charge on any atom is -0.441 e. The summed E-state index contributed by atoms with van der Waals surface area (Å²) >= 11 is 0. The Kier molecular flexibility index (Phi) is 5.20. The van der Waals surface area contributed by atoms with E-state index in [1.807, 2.05) is 12.1 Å². The van der Waals surface area contributed by atoms with Crippen molar-refractivity contribution in [2.24, 2.45) is 0 Å². The van der Waals surface area contributed by atoms with E-state index in [1.54, 1.807) is 31.2 Å². The van der Waals surface area contributed by atoms with Gasteiger partial charge in [0.15, 0.2) is 5.88 Å². The van der Waals surface area contributed by atoms with E-state index in [4.69, 9.17) is 4.42 Å². The number of carbonyl (C=O) groups is 3. The summed E-state index contributed by atoms with van der Waals surface area (Å²) in [5, 5.41) is 2.24. The minimum absolute atomic E-state index is 0.135. The van der Waals surface area contributed by atoms with Crippen LogP contribution < -0.4 is 15.1 Å². The lowest BCUT2D eigenvalue weighted by Crippen LogP contribution is -2.54. The molecule has 0 saturated carbocycles. The first-order valence-electron chi connectivity index (χ1n) is 9.86. The molecule has 2 aromatic rings. The molecule has 29 heavy (non-hydrogen) atoms. The summed E-state index contributed by atoms with van der Waals surface area (Å²) in [4.78, 5) is 40.8. The summed E-state index contributed by atoms with van der Waals surface area (Å²) in [6.45, 7) is 3.66. The maximum Gasteiger partial charge on any atom is 0.335 e. The van der Waals surface area contributed by atoms with E-state index in [0.717, 1.165) is 42.3 Å². The highest BCUT2D eigenvalue weighted by Crippen LogP contribution is 2.27. The van der Waals surface area contributed by atoms with Gasteiger partial charge in [-0.05, 0) is 43.5 Å². The van der Waals surface area contributed by atoms with Crippen LogP contribution in [0, 0.1) is 6.92 Å². The van der Waals surface area contributed by atoms with Crippen LogP contribution in [-0.4, -0.2) is 30.9 Å². The number of hydrogen-bond acceptors (Lipinski definition) is 5. The summed E-state index contributed by atoms with van der Waals surface area (Å²) in [5.74, 6) is -0.255. The van der Waals surface area contributed by atoms with Crippen molar-refractivity contribution < 1.29 is 18.8 Å². The smallest absolute Gasteiger partial charge is 0.335 e. The highest BCUT2D eigenvalue weighted by atomic mass is 16.4. The number of amides is 4. The fourth-order valence-electron chi connectivity index (χ4n) is 3.71. The van der Waals surface area contributed by atoms with Gasteiger partial charge in [-0.2, -0.15) is 0 Å². The van der Waals surface area contributed by atoms with E-state index in [9.17, 15) is 14.4 Å². The van der Waals surface area contributed by atoms with Crippen LogP contribution in [0.1, 0.15) is 37.0 Å². The topological polar surface area (TPSA) is 82.9 Å². The van der Waals surface area contributed by atoms with Crippen LogP contribution in [0.15, 0.2) is 46.4 Å². The Bertz CT molecular complexity index is 983. The summed E-state index contributed by atoms with van der Waals surface area (Å²) < 4.78 is 5.88. The van der Waals surface area contributed by atoms with Crippen LogP contribution in [0.5, 0.6) is 0 Å². The second-order valence-electron chi connectivity index (χ2n) is 7.32. The fraction of sp³-hybridized carbons (Fsp3) is 0.318. The maximum absolute atomic E-state index is 13.0. The lowest BCUT2D eigenvalue weighted by Gasteiger charge is -2.27. The SMILES string of the molecule is Cc1ccccc1N1C(=O)NC(=O)C(=Cc2ccc(N3CCCCCC3)o2)C1=O. The van der Waals surface area contributed by atoms with Gasteiger partial charge in [0.1, 0.15) is 11.3 Å². The standard InChI is InChI=1S/C22H23N3O4/c1-15-8-4-5-9-18(15)25-21(27)17(20(26)23-22(25)28)14-16-10-11-19(29-16)24-12-6-2-3-7-13-24/h4-5,8-11,14H,2-3,6-7,12-13H2,1H3,(H,23,26,28). The van der Waals surface area contributed by atoms with Crippen LogP contribution in [0.2, 0.25) is 0 Å². The zero-order valence-corrected chi connectivity index (χ0v) is 16.3. The molecule has 1 N–H and O–H groups in total. The van der Waals surface area contributed by atoms with Crippen molar-refractivity contribution in [3.63, 3.8) is 0 Å². The average molecular weight is 393 g/mol. The number of anilines is 2. The first kappa shape index (κ1) is 19.0. The Morgan fingerprint density at radius 2 is 1.69 bits per heavy atom. The van der Waals surface area contributed by atoms with Crippen molar-refractivity contribution in [1.82, 2.24) is 5.32 Å². The Morgan fingerprint density at radius 3 is 2.41 bits per heavy atom. The number of nitrogens with one attached hydrogen (secondary N) is 1. The number of rotatable bonds is 3. The quantitative estimate of drug-likeness (QED) is 0.636. The van der Waals surface area contributed by atoms with Crippen LogP contribution in [-0.2, 0) is 9.59 Å². The summed E-state index contributed by atoms with van der Waals surface area (Å²) in [5.41, 5.74) is 1.06. The number of barbiturate groups is 1. The monoisotopic (exact) mass is 393 g/mol. The molecule has 3 heterocycles. The van der Waals surface area contributed by atoms with Crippen molar-refractivity contribution in [2.75, 3.05) is 22.9 Å². The van der Waals surface area contributed by atoms with E-state index in [-0.39, 0.29) is 5.57 Å². The van der Waals surface area contributed by atoms with Crippen LogP contribution in [0.25, 0.3) is 6.08 Å². The lowest BCUT2D eigenvalue weighted by atomic mass is 10.1. The zero-order valence-electron chi connectivity index (χ0n) is 16.3. The predicted octanol–water partition coefficient (Wildman–Crippen LogP) is 3.63. The van der Waals surface area contributed by atoms with E-state index < -0.39 is 17.8 Å². The van der Waals surface area contributed by atoms with E-state index in [2.05, 4.69) is 10.2 Å². The number of carbonyl (C=O) groups excluding carboxylic acids is 3. The molecule has 0 aliphatic carbocycles. The molecule has 150 valence electrons. The van der Waals surface area contributed by atoms with Gasteiger partial charge in [0, 0.05) is 19.2 Å². The number of nitrogens with zero attached hydrogens (tertiary/aromatic N) is 2. The van der Waals surface area contributed by atoms with Gasteiger partial charge >= 0.3 is 6.03 Å². The Morgan fingerprint density at radius 1 is 0.966 bits per heavy atom. The van der Waals surface area contributed by atoms with Crippen molar-refractivity contribution in [1.29, 1.82) is 0 Å². The fourth-order valence-corrected chi connectivity index (χ4v) is 3.71. The minimum atomic E-state index is -0.754. The third-order valence-corrected chi connectivity index (χ3v) is 5.27. The molecular formula is C22H23N3O4. The molecule has 0 unspecified atom stereocenters. The maximum atomic E-state index is 13.0. The average Bonchev–Trinajstić information content (AvgIpc) is 2.99. The number of benzene rings is 1. The largest absolute Gasteiger partial charge is 0.441 e. The summed E-state index contributed by atoms with van der Waals surface area (Å²) in [6, 6.07) is 9.87. The molecule has 1 aromatic carbocycles. The molecule has 2 aliphatic heterocycles. The number of urea groups is 1. The molecule has 4 amide bonds. The normalized spacial score (nSPS) is 19.5. The molecule has 4 rings (SSSR count). The van der Waals surface area contributed by atoms with Gasteiger partial charge in [0.25, 0.3) is 11.8 Å². The molecule has 0 radical (unpaired) electrons. The second-order valence-corrected chi connectivity index (χ2v) is 7.32. The number of aryl methyl sites for hydroxylation is 1. The number of furan rings is 1. The summed E-state index contributed by atoms with van der Waals surface area (Å²) in [6.07, 6.45) is 6.06. The first-order valence-corrected chi connectivity index (χ1v) is 9.86. The molecular weight excluding hydrogens is 370 g/mol. The highest BCUT2D eigenvalue weighted by molar-refractivity contribution is 6.39. The molecule has 2 saturated heterocycles. The number of hydrogen-bond donors (Lipinski definition) is 1. The van der Waals surface area contributed by atoms with Crippen molar-refractivity contribution in [2.45, 2.75) is 32.6 Å². The predicted molar refractivity (Wildman–Crippen MR) is 110 cm³/mol. The third-order valence-electron chi connectivity index (χ3n) is 5.27.